The lowest BCUT2D eigenvalue weighted by atomic mass is 10.2. The molecule has 0 fully saturated rings. The maximum atomic E-state index is 12.1. The second-order valence-corrected chi connectivity index (χ2v) is 3.22. The van der Waals surface area contributed by atoms with Crippen molar-refractivity contribution in [1.29, 1.82) is 0 Å². The molecule has 0 amide bonds. The summed E-state index contributed by atoms with van der Waals surface area (Å²) in [6.07, 6.45) is 0. The molecule has 0 saturated carbocycles. The van der Waals surface area contributed by atoms with Gasteiger partial charge < -0.3 is 15.8 Å². The van der Waals surface area contributed by atoms with Crippen LogP contribution < -0.4 is 15.8 Å². The van der Waals surface area contributed by atoms with E-state index in [-0.39, 0.29) is 42.2 Å². The molecule has 0 bridgehead atoms. The molecule has 0 saturated heterocycles. The van der Waals surface area contributed by atoms with Gasteiger partial charge in [-0.25, -0.2) is 4.99 Å². The molecule has 0 radical (unpaired) electrons. The summed E-state index contributed by atoms with van der Waals surface area (Å²) >= 11 is 0. The van der Waals surface area contributed by atoms with Crippen molar-refractivity contribution in [3.05, 3.63) is 29.8 Å². The van der Waals surface area contributed by atoms with E-state index in [1.807, 2.05) is 6.92 Å². The maximum absolute atomic E-state index is 12.1. The van der Waals surface area contributed by atoms with Crippen LogP contribution in [0.1, 0.15) is 12.5 Å². The standard InChI is InChI=1S/C11H15F2N3O.HI/c1-2-15-11(14)16-7-8-5-3-4-6-9(8)17-10(12)13;/h3-6,10H,2,7H2,1H3,(H3,14,15,16);1H. The number of alkyl halides is 2. The third kappa shape index (κ3) is 5.99. The number of aliphatic imine (C=N–C) groups is 1. The van der Waals surface area contributed by atoms with Crippen molar-refractivity contribution >= 4 is 29.9 Å². The topological polar surface area (TPSA) is 59.6 Å². The highest BCUT2D eigenvalue weighted by atomic mass is 127. The summed E-state index contributed by atoms with van der Waals surface area (Å²) in [5.41, 5.74) is 6.10. The minimum atomic E-state index is -2.84. The Morgan fingerprint density at radius 2 is 2.11 bits per heavy atom. The molecule has 0 aliphatic carbocycles. The fraction of sp³-hybridized carbons (Fsp3) is 0.364. The fourth-order valence-corrected chi connectivity index (χ4v) is 1.25. The zero-order chi connectivity index (χ0) is 12.7. The third-order valence-corrected chi connectivity index (χ3v) is 1.97. The minimum absolute atomic E-state index is 0. The normalized spacial score (nSPS) is 11.0. The van der Waals surface area contributed by atoms with Crippen LogP contribution in [0, 0.1) is 0 Å². The highest BCUT2D eigenvalue weighted by Gasteiger charge is 2.08. The molecule has 18 heavy (non-hydrogen) atoms. The number of hydrogen-bond donors (Lipinski definition) is 2. The number of para-hydroxylation sites is 1. The van der Waals surface area contributed by atoms with E-state index in [1.165, 1.54) is 6.07 Å². The first-order chi connectivity index (χ1) is 8.13. The molecule has 0 aliphatic rings. The highest BCUT2D eigenvalue weighted by molar-refractivity contribution is 14.0. The first-order valence-electron chi connectivity index (χ1n) is 5.20. The Kier molecular flexibility index (Phi) is 8.34. The van der Waals surface area contributed by atoms with Gasteiger partial charge in [-0.3, -0.25) is 0 Å². The second kappa shape index (κ2) is 8.90. The number of ether oxygens (including phenoxy) is 1. The van der Waals surface area contributed by atoms with Crippen LogP contribution in [0.25, 0.3) is 0 Å². The first-order valence-corrected chi connectivity index (χ1v) is 5.20. The molecule has 0 atom stereocenters. The highest BCUT2D eigenvalue weighted by Crippen LogP contribution is 2.20. The van der Waals surface area contributed by atoms with Crippen molar-refractivity contribution in [3.8, 4) is 5.75 Å². The molecule has 1 aromatic carbocycles. The smallest absolute Gasteiger partial charge is 0.387 e. The zero-order valence-corrected chi connectivity index (χ0v) is 12.2. The monoisotopic (exact) mass is 371 g/mol. The molecule has 4 nitrogen and oxygen atoms in total. The van der Waals surface area contributed by atoms with Crippen molar-refractivity contribution in [2.75, 3.05) is 6.54 Å². The van der Waals surface area contributed by atoms with E-state index in [2.05, 4.69) is 15.0 Å². The van der Waals surface area contributed by atoms with E-state index in [0.29, 0.717) is 12.1 Å². The van der Waals surface area contributed by atoms with Gasteiger partial charge in [0.05, 0.1) is 6.54 Å². The molecule has 0 heterocycles. The molecule has 0 aliphatic heterocycles. The Balaban J connectivity index is 0.00000289. The predicted molar refractivity (Wildman–Crippen MR) is 77.5 cm³/mol. The summed E-state index contributed by atoms with van der Waals surface area (Å²) in [6.45, 7) is -0.103. The lowest BCUT2D eigenvalue weighted by Gasteiger charge is -2.09. The number of nitrogens with zero attached hydrogens (tertiary/aromatic N) is 1. The molecule has 1 aromatic rings. The number of nitrogens with two attached hydrogens (primary N) is 1. The number of benzene rings is 1. The van der Waals surface area contributed by atoms with E-state index >= 15 is 0 Å². The number of hydrogen-bond acceptors (Lipinski definition) is 2. The molecular formula is C11H16F2IN3O. The van der Waals surface area contributed by atoms with E-state index < -0.39 is 6.61 Å². The summed E-state index contributed by atoms with van der Waals surface area (Å²) in [5.74, 6) is 0.398. The Morgan fingerprint density at radius 1 is 1.44 bits per heavy atom. The van der Waals surface area contributed by atoms with Crippen molar-refractivity contribution < 1.29 is 13.5 Å². The molecule has 0 aromatic heterocycles. The molecule has 102 valence electrons. The molecular weight excluding hydrogens is 355 g/mol. The fourth-order valence-electron chi connectivity index (χ4n) is 1.25. The van der Waals surface area contributed by atoms with E-state index in [4.69, 9.17) is 5.73 Å². The van der Waals surface area contributed by atoms with Gasteiger partial charge >= 0.3 is 6.61 Å². The average molecular weight is 371 g/mol. The maximum Gasteiger partial charge on any atom is 0.387 e. The van der Waals surface area contributed by atoms with Crippen LogP contribution in [0.15, 0.2) is 29.3 Å². The van der Waals surface area contributed by atoms with Gasteiger partial charge in [0, 0.05) is 12.1 Å². The molecule has 1 rings (SSSR count). The summed E-state index contributed by atoms with van der Waals surface area (Å²) in [7, 11) is 0. The van der Waals surface area contributed by atoms with Crippen LogP contribution in [0.3, 0.4) is 0 Å². The van der Waals surface area contributed by atoms with Gasteiger partial charge in [-0.05, 0) is 13.0 Å². The molecule has 7 heteroatoms. The molecule has 0 spiro atoms. The van der Waals surface area contributed by atoms with Crippen LogP contribution >= 0.6 is 24.0 Å². The second-order valence-electron chi connectivity index (χ2n) is 3.22. The van der Waals surface area contributed by atoms with Crippen molar-refractivity contribution in [2.24, 2.45) is 10.7 Å². The molecule has 3 N–H and O–H groups in total. The van der Waals surface area contributed by atoms with Gasteiger partial charge in [0.1, 0.15) is 5.75 Å². The lowest BCUT2D eigenvalue weighted by molar-refractivity contribution is -0.0504. The number of guanidine groups is 1. The van der Waals surface area contributed by atoms with Gasteiger partial charge in [-0.15, -0.1) is 24.0 Å². The quantitative estimate of drug-likeness (QED) is 0.475. The summed E-state index contributed by atoms with van der Waals surface area (Å²) < 4.78 is 28.6. The van der Waals surface area contributed by atoms with Crippen molar-refractivity contribution in [2.45, 2.75) is 20.1 Å². The van der Waals surface area contributed by atoms with Gasteiger partial charge in [0.25, 0.3) is 0 Å². The Labute approximate surface area is 122 Å². The number of halogens is 3. The summed E-state index contributed by atoms with van der Waals surface area (Å²) in [4.78, 5) is 4.01. The zero-order valence-electron chi connectivity index (χ0n) is 9.90. The van der Waals surface area contributed by atoms with Gasteiger partial charge in [-0.2, -0.15) is 8.78 Å². The van der Waals surface area contributed by atoms with Crippen molar-refractivity contribution in [3.63, 3.8) is 0 Å². The van der Waals surface area contributed by atoms with Crippen molar-refractivity contribution in [1.82, 2.24) is 5.32 Å². The Bertz CT molecular complexity index is 388. The summed E-state index contributed by atoms with van der Waals surface area (Å²) in [5, 5.41) is 2.81. The first kappa shape index (κ1) is 16.9. The summed E-state index contributed by atoms with van der Waals surface area (Å²) in [6, 6.07) is 6.49. The lowest BCUT2D eigenvalue weighted by Crippen LogP contribution is -2.31. The van der Waals surface area contributed by atoms with Crippen LogP contribution in [0.4, 0.5) is 8.78 Å². The third-order valence-electron chi connectivity index (χ3n) is 1.97. The van der Waals surface area contributed by atoms with Crippen LogP contribution in [0.5, 0.6) is 5.75 Å². The Morgan fingerprint density at radius 3 is 2.72 bits per heavy atom. The number of rotatable bonds is 5. The molecule has 0 unspecified atom stereocenters. The van der Waals surface area contributed by atoms with Crippen LogP contribution in [0.2, 0.25) is 0 Å². The van der Waals surface area contributed by atoms with Gasteiger partial charge in [0.15, 0.2) is 5.96 Å². The number of nitrogens with one attached hydrogen (secondary N) is 1. The van der Waals surface area contributed by atoms with Crippen LogP contribution in [-0.2, 0) is 6.54 Å². The predicted octanol–water partition coefficient (Wildman–Crippen LogP) is 2.33. The van der Waals surface area contributed by atoms with E-state index in [0.717, 1.165) is 0 Å². The SMILES string of the molecule is CCNC(N)=NCc1ccccc1OC(F)F.I. The Hall–Kier alpha value is -1.12. The largest absolute Gasteiger partial charge is 0.434 e. The average Bonchev–Trinajstić information content (AvgIpc) is 2.27. The van der Waals surface area contributed by atoms with E-state index in [1.54, 1.807) is 18.2 Å². The van der Waals surface area contributed by atoms with Crippen LogP contribution in [-0.4, -0.2) is 19.1 Å². The van der Waals surface area contributed by atoms with Gasteiger partial charge in [0.2, 0.25) is 0 Å². The van der Waals surface area contributed by atoms with Gasteiger partial charge in [-0.1, -0.05) is 18.2 Å². The minimum Gasteiger partial charge on any atom is -0.434 e. The van der Waals surface area contributed by atoms with E-state index in [9.17, 15) is 8.78 Å².